The molecular formula is C22H24N4O3. The van der Waals surface area contributed by atoms with E-state index in [1.807, 2.05) is 43.3 Å². The van der Waals surface area contributed by atoms with Crippen LogP contribution in [0.4, 0.5) is 5.69 Å². The lowest BCUT2D eigenvalue weighted by Gasteiger charge is -2.14. The van der Waals surface area contributed by atoms with E-state index in [-0.39, 0.29) is 12.5 Å². The summed E-state index contributed by atoms with van der Waals surface area (Å²) in [6, 6.07) is 14.8. The molecule has 1 aromatic heterocycles. The molecule has 0 saturated heterocycles. The Kier molecular flexibility index (Phi) is 5.74. The van der Waals surface area contributed by atoms with Crippen LogP contribution in [0.5, 0.6) is 11.5 Å². The third-order valence-corrected chi connectivity index (χ3v) is 4.79. The Morgan fingerprint density at radius 2 is 1.72 bits per heavy atom. The smallest absolute Gasteiger partial charge is 0.262 e. The molecule has 2 aromatic carbocycles. The number of amides is 1. The zero-order chi connectivity index (χ0) is 20.1. The lowest BCUT2D eigenvalue weighted by Crippen LogP contribution is -2.20. The molecule has 0 fully saturated rings. The fourth-order valence-electron chi connectivity index (χ4n) is 3.37. The van der Waals surface area contributed by atoms with Gasteiger partial charge in [0.15, 0.2) is 12.4 Å². The number of hydrogen-bond donors (Lipinski definition) is 1. The van der Waals surface area contributed by atoms with Crippen LogP contribution in [-0.4, -0.2) is 33.9 Å². The van der Waals surface area contributed by atoms with E-state index in [1.165, 1.54) is 6.42 Å². The normalized spacial score (nSPS) is 12.9. The molecule has 29 heavy (non-hydrogen) atoms. The van der Waals surface area contributed by atoms with Gasteiger partial charge >= 0.3 is 0 Å². The third-order valence-electron chi connectivity index (χ3n) is 4.79. The maximum absolute atomic E-state index is 12.1. The van der Waals surface area contributed by atoms with Gasteiger partial charge in [-0.15, -0.1) is 10.2 Å². The summed E-state index contributed by atoms with van der Waals surface area (Å²) in [5.74, 6) is 3.13. The van der Waals surface area contributed by atoms with Gasteiger partial charge in [0.1, 0.15) is 17.3 Å². The van der Waals surface area contributed by atoms with Crippen molar-refractivity contribution in [3.8, 4) is 22.9 Å². The predicted molar refractivity (Wildman–Crippen MR) is 110 cm³/mol. The van der Waals surface area contributed by atoms with E-state index in [4.69, 9.17) is 9.47 Å². The largest absolute Gasteiger partial charge is 0.494 e. The number of benzene rings is 2. The van der Waals surface area contributed by atoms with Gasteiger partial charge in [-0.2, -0.15) is 0 Å². The molecule has 3 aromatic rings. The Morgan fingerprint density at radius 3 is 2.48 bits per heavy atom. The van der Waals surface area contributed by atoms with Gasteiger partial charge in [0.05, 0.1) is 6.61 Å². The van der Waals surface area contributed by atoms with E-state index < -0.39 is 0 Å². The summed E-state index contributed by atoms with van der Waals surface area (Å²) in [6.07, 6.45) is 3.31. The molecule has 150 valence electrons. The Hall–Kier alpha value is -3.35. The van der Waals surface area contributed by atoms with Crippen LogP contribution in [0.15, 0.2) is 48.5 Å². The average molecular weight is 392 g/mol. The highest BCUT2D eigenvalue weighted by Crippen LogP contribution is 2.25. The van der Waals surface area contributed by atoms with E-state index in [1.54, 1.807) is 12.1 Å². The van der Waals surface area contributed by atoms with Crippen LogP contribution in [-0.2, 0) is 17.8 Å². The van der Waals surface area contributed by atoms with Crippen molar-refractivity contribution in [2.45, 2.75) is 32.7 Å². The second-order valence-electron chi connectivity index (χ2n) is 6.87. The van der Waals surface area contributed by atoms with Crippen molar-refractivity contribution in [3.05, 3.63) is 54.4 Å². The predicted octanol–water partition coefficient (Wildman–Crippen LogP) is 3.70. The molecule has 0 unspecified atom stereocenters. The number of hydrogen-bond acceptors (Lipinski definition) is 5. The third kappa shape index (κ3) is 4.56. The molecule has 1 aliphatic heterocycles. The first-order chi connectivity index (χ1) is 14.2. The number of aryl methyl sites for hydroxylation is 1. The first-order valence-electron chi connectivity index (χ1n) is 9.91. The molecule has 7 heteroatoms. The molecule has 0 aliphatic carbocycles. The van der Waals surface area contributed by atoms with Crippen molar-refractivity contribution in [2.75, 3.05) is 18.5 Å². The van der Waals surface area contributed by atoms with E-state index in [9.17, 15) is 4.79 Å². The first kappa shape index (κ1) is 19.0. The summed E-state index contributed by atoms with van der Waals surface area (Å²) >= 11 is 0. The SMILES string of the molecule is CCOc1ccc(NC(=O)COc2ccc(-c3nnc4n3CCCC4)cc2)cc1. The number of fused-ring (bicyclic) bond motifs is 1. The molecule has 0 bridgehead atoms. The summed E-state index contributed by atoms with van der Waals surface area (Å²) < 4.78 is 13.2. The Morgan fingerprint density at radius 1 is 1.00 bits per heavy atom. The van der Waals surface area contributed by atoms with Crippen molar-refractivity contribution in [2.24, 2.45) is 0 Å². The number of nitrogens with zero attached hydrogens (tertiary/aromatic N) is 3. The van der Waals surface area contributed by atoms with Crippen LogP contribution in [0.3, 0.4) is 0 Å². The highest BCUT2D eigenvalue weighted by molar-refractivity contribution is 5.91. The van der Waals surface area contributed by atoms with Crippen molar-refractivity contribution in [1.82, 2.24) is 14.8 Å². The van der Waals surface area contributed by atoms with Gasteiger partial charge in [-0.1, -0.05) is 0 Å². The van der Waals surface area contributed by atoms with Gasteiger partial charge in [0.25, 0.3) is 5.91 Å². The second-order valence-corrected chi connectivity index (χ2v) is 6.87. The summed E-state index contributed by atoms with van der Waals surface area (Å²) in [5.41, 5.74) is 1.70. The molecular weight excluding hydrogens is 368 g/mol. The molecule has 7 nitrogen and oxygen atoms in total. The lowest BCUT2D eigenvalue weighted by molar-refractivity contribution is -0.118. The fraction of sp³-hybridized carbons (Fsp3) is 0.318. The van der Waals surface area contributed by atoms with Gasteiger partial charge in [0, 0.05) is 24.2 Å². The summed E-state index contributed by atoms with van der Waals surface area (Å²) in [5, 5.41) is 11.4. The number of carbonyl (C=O) groups is 1. The fourth-order valence-corrected chi connectivity index (χ4v) is 3.37. The average Bonchev–Trinajstić information content (AvgIpc) is 3.18. The number of nitrogens with one attached hydrogen (secondary N) is 1. The van der Waals surface area contributed by atoms with E-state index in [0.717, 1.165) is 42.3 Å². The van der Waals surface area contributed by atoms with Gasteiger partial charge < -0.3 is 19.4 Å². The number of rotatable bonds is 7. The zero-order valence-corrected chi connectivity index (χ0v) is 16.4. The van der Waals surface area contributed by atoms with Gasteiger partial charge in [-0.3, -0.25) is 4.79 Å². The molecule has 4 rings (SSSR count). The highest BCUT2D eigenvalue weighted by Gasteiger charge is 2.16. The number of carbonyl (C=O) groups excluding carboxylic acids is 1. The summed E-state index contributed by atoms with van der Waals surface area (Å²) in [6.45, 7) is 3.44. The quantitative estimate of drug-likeness (QED) is 0.663. The molecule has 0 atom stereocenters. The van der Waals surface area contributed by atoms with Crippen molar-refractivity contribution >= 4 is 11.6 Å². The zero-order valence-electron chi connectivity index (χ0n) is 16.4. The van der Waals surface area contributed by atoms with E-state index in [2.05, 4.69) is 20.1 Å². The lowest BCUT2D eigenvalue weighted by atomic mass is 10.1. The van der Waals surface area contributed by atoms with Gasteiger partial charge in [-0.05, 0) is 68.3 Å². The topological polar surface area (TPSA) is 78.3 Å². The summed E-state index contributed by atoms with van der Waals surface area (Å²) in [4.78, 5) is 12.1. The van der Waals surface area contributed by atoms with Gasteiger partial charge in [-0.25, -0.2) is 0 Å². The maximum Gasteiger partial charge on any atom is 0.262 e. The van der Waals surface area contributed by atoms with Crippen molar-refractivity contribution < 1.29 is 14.3 Å². The Labute approximate surface area is 169 Å². The maximum atomic E-state index is 12.1. The molecule has 0 radical (unpaired) electrons. The minimum atomic E-state index is -0.218. The van der Waals surface area contributed by atoms with Crippen LogP contribution >= 0.6 is 0 Å². The summed E-state index contributed by atoms with van der Waals surface area (Å²) in [7, 11) is 0. The van der Waals surface area contributed by atoms with E-state index in [0.29, 0.717) is 18.0 Å². The first-order valence-corrected chi connectivity index (χ1v) is 9.91. The molecule has 1 aliphatic rings. The Bertz CT molecular complexity index is 965. The van der Waals surface area contributed by atoms with Crippen molar-refractivity contribution in [3.63, 3.8) is 0 Å². The van der Waals surface area contributed by atoms with Crippen LogP contribution in [0, 0.1) is 0 Å². The van der Waals surface area contributed by atoms with Crippen LogP contribution in [0.25, 0.3) is 11.4 Å². The molecule has 0 saturated carbocycles. The number of anilines is 1. The van der Waals surface area contributed by atoms with Crippen molar-refractivity contribution in [1.29, 1.82) is 0 Å². The van der Waals surface area contributed by atoms with Gasteiger partial charge in [0.2, 0.25) is 0 Å². The standard InChI is InChI=1S/C22H24N4O3/c1-2-28-18-12-8-17(9-13-18)23-21(27)15-29-19-10-6-16(7-11-19)22-25-24-20-5-3-4-14-26(20)22/h6-13H,2-5,14-15H2,1H3,(H,23,27). The molecule has 0 spiro atoms. The molecule has 1 N–H and O–H groups in total. The monoisotopic (exact) mass is 392 g/mol. The Balaban J connectivity index is 1.32. The minimum absolute atomic E-state index is 0.0626. The van der Waals surface area contributed by atoms with Crippen LogP contribution < -0.4 is 14.8 Å². The molecule has 1 amide bonds. The second kappa shape index (κ2) is 8.77. The number of aromatic nitrogens is 3. The van der Waals surface area contributed by atoms with Crippen LogP contribution in [0.2, 0.25) is 0 Å². The van der Waals surface area contributed by atoms with E-state index >= 15 is 0 Å². The minimum Gasteiger partial charge on any atom is -0.494 e. The number of ether oxygens (including phenoxy) is 2. The van der Waals surface area contributed by atoms with Crippen LogP contribution in [0.1, 0.15) is 25.6 Å². The highest BCUT2D eigenvalue weighted by atomic mass is 16.5. The molecule has 2 heterocycles.